The molecule has 0 fully saturated rings. The first-order chi connectivity index (χ1) is 6.64. The number of carboxylic acids is 1. The Bertz CT molecular complexity index is 130. The molecule has 5 N–H and O–H groups in total. The third kappa shape index (κ3) is 60.4. The molecule has 0 aromatic carbocycles. The molecule has 0 aromatic rings. The highest BCUT2D eigenvalue weighted by atomic mass is 16.4. The second-order valence-corrected chi connectivity index (χ2v) is 3.14. The van der Waals surface area contributed by atoms with Gasteiger partial charge in [-0.2, -0.15) is 0 Å². The number of aliphatic hydroxyl groups excluding tert-OH is 4. The number of aliphatic carboxylic acids is 1. The molecular formula is C9H22O6. The van der Waals surface area contributed by atoms with Crippen molar-refractivity contribution in [3.63, 3.8) is 0 Å². The number of aliphatic hydroxyl groups is 4. The van der Waals surface area contributed by atoms with Crippen molar-refractivity contribution in [2.24, 2.45) is 0 Å². The summed E-state index contributed by atoms with van der Waals surface area (Å²) in [4.78, 5) is 9.45. The summed E-state index contributed by atoms with van der Waals surface area (Å²) in [5.74, 6) is -1.19. The number of hydrogen-bond acceptors (Lipinski definition) is 5. The molecule has 2 atom stereocenters. The zero-order chi connectivity index (χ0) is 13.0. The van der Waals surface area contributed by atoms with Crippen LogP contribution in [0.3, 0.4) is 0 Å². The Morgan fingerprint density at radius 3 is 1.20 bits per heavy atom. The van der Waals surface area contributed by atoms with E-state index in [0.717, 1.165) is 0 Å². The zero-order valence-corrected chi connectivity index (χ0v) is 9.58. The van der Waals surface area contributed by atoms with Crippen LogP contribution < -0.4 is 0 Å². The molecule has 0 amide bonds. The predicted octanol–water partition coefficient (Wildman–Crippen LogP) is -0.802. The normalized spacial score (nSPS) is 12.9. The fourth-order valence-electron chi connectivity index (χ4n) is 0. The summed E-state index contributed by atoms with van der Waals surface area (Å²) >= 11 is 0. The maximum absolute atomic E-state index is 9.45. The number of rotatable bonds is 2. The highest BCUT2D eigenvalue weighted by molar-refractivity contribution is 5.71. The van der Waals surface area contributed by atoms with Gasteiger partial charge >= 0.3 is 5.97 Å². The lowest BCUT2D eigenvalue weighted by Crippen LogP contribution is -2.13. The molecule has 2 unspecified atom stereocenters. The van der Waals surface area contributed by atoms with E-state index < -0.39 is 18.2 Å². The molecule has 0 aromatic heterocycles. The highest BCUT2D eigenvalue weighted by Gasteiger charge is 2.01. The van der Waals surface area contributed by atoms with Crippen LogP contribution in [0.1, 0.15) is 27.7 Å². The van der Waals surface area contributed by atoms with Gasteiger partial charge in [0.25, 0.3) is 0 Å². The Balaban J connectivity index is -0.000000147. The molecule has 0 heterocycles. The summed E-state index contributed by atoms with van der Waals surface area (Å²) in [5, 5.41) is 39.8. The molecule has 6 nitrogen and oxygen atoms in total. The van der Waals surface area contributed by atoms with E-state index in [1.54, 1.807) is 13.8 Å². The second-order valence-electron chi connectivity index (χ2n) is 3.14. The van der Waals surface area contributed by atoms with Crippen LogP contribution in [0.2, 0.25) is 0 Å². The predicted molar refractivity (Wildman–Crippen MR) is 55.4 cm³/mol. The smallest absolute Gasteiger partial charge is 0.332 e. The average molecular weight is 226 g/mol. The van der Waals surface area contributed by atoms with Gasteiger partial charge in [-0.3, -0.25) is 0 Å². The highest BCUT2D eigenvalue weighted by Crippen LogP contribution is 1.73. The molecule has 0 bridgehead atoms. The molecule has 94 valence electrons. The fourth-order valence-corrected chi connectivity index (χ4v) is 0. The van der Waals surface area contributed by atoms with Gasteiger partial charge in [0.15, 0.2) is 0 Å². The van der Waals surface area contributed by atoms with E-state index in [2.05, 4.69) is 0 Å². The van der Waals surface area contributed by atoms with Crippen LogP contribution >= 0.6 is 0 Å². The van der Waals surface area contributed by atoms with Crippen molar-refractivity contribution in [2.45, 2.75) is 46.0 Å². The van der Waals surface area contributed by atoms with Crippen LogP contribution in [0.25, 0.3) is 0 Å². The molecule has 0 aliphatic rings. The largest absolute Gasteiger partial charge is 0.479 e. The summed E-state index contributed by atoms with van der Waals surface area (Å²) in [6, 6.07) is 0. The van der Waals surface area contributed by atoms with E-state index in [0.29, 0.717) is 0 Å². The second kappa shape index (κ2) is 13.3. The quantitative estimate of drug-likeness (QED) is 0.420. The fraction of sp³-hybridized carbons (Fsp3) is 0.889. The molecule has 0 radical (unpaired) electrons. The molecule has 6 heteroatoms. The molecule has 0 saturated carbocycles. The summed E-state index contributed by atoms with van der Waals surface area (Å²) in [6.07, 6.45) is -1.96. The van der Waals surface area contributed by atoms with Crippen molar-refractivity contribution in [3.05, 3.63) is 0 Å². The van der Waals surface area contributed by atoms with Crippen molar-refractivity contribution in [1.82, 2.24) is 0 Å². The summed E-state index contributed by atoms with van der Waals surface area (Å²) in [7, 11) is 0. The van der Waals surface area contributed by atoms with E-state index >= 15 is 0 Å². The summed E-state index contributed by atoms with van der Waals surface area (Å²) < 4.78 is 0. The molecular weight excluding hydrogens is 204 g/mol. The maximum atomic E-state index is 9.45. The number of carbonyl (C=O) groups is 1. The topological polar surface area (TPSA) is 118 Å². The molecule has 0 spiro atoms. The van der Waals surface area contributed by atoms with E-state index in [1.807, 2.05) is 0 Å². The first-order valence-corrected chi connectivity index (χ1v) is 4.52. The van der Waals surface area contributed by atoms with Gasteiger partial charge in [0.05, 0.1) is 12.7 Å². The first kappa shape index (κ1) is 19.8. The Labute approximate surface area is 89.8 Å². The van der Waals surface area contributed by atoms with Crippen molar-refractivity contribution >= 4 is 5.97 Å². The van der Waals surface area contributed by atoms with Gasteiger partial charge in [-0.1, -0.05) is 0 Å². The minimum absolute atomic E-state index is 0.139. The van der Waals surface area contributed by atoms with E-state index in [4.69, 9.17) is 25.5 Å². The third-order valence-electron chi connectivity index (χ3n) is 0.622. The monoisotopic (exact) mass is 226 g/mol. The van der Waals surface area contributed by atoms with Crippen LogP contribution in [0.15, 0.2) is 0 Å². The van der Waals surface area contributed by atoms with E-state index in [-0.39, 0.29) is 12.7 Å². The SMILES string of the molecule is CC(C)O.CC(O)C(=O)O.CC(O)CO. The Hall–Kier alpha value is -0.690. The van der Waals surface area contributed by atoms with E-state index in [1.165, 1.54) is 13.8 Å². The summed E-state index contributed by atoms with van der Waals surface area (Å²) in [6.45, 7) is 6.03. The van der Waals surface area contributed by atoms with Gasteiger partial charge in [0, 0.05) is 6.10 Å². The van der Waals surface area contributed by atoms with Crippen LogP contribution in [-0.2, 0) is 4.79 Å². The van der Waals surface area contributed by atoms with E-state index in [9.17, 15) is 4.79 Å². The summed E-state index contributed by atoms with van der Waals surface area (Å²) in [5.41, 5.74) is 0. The Morgan fingerprint density at radius 2 is 1.20 bits per heavy atom. The minimum Gasteiger partial charge on any atom is -0.479 e. The zero-order valence-electron chi connectivity index (χ0n) is 9.58. The van der Waals surface area contributed by atoms with Crippen molar-refractivity contribution in [1.29, 1.82) is 0 Å². The van der Waals surface area contributed by atoms with Crippen LogP contribution in [0.4, 0.5) is 0 Å². The third-order valence-corrected chi connectivity index (χ3v) is 0.622. The number of hydrogen-bond donors (Lipinski definition) is 5. The van der Waals surface area contributed by atoms with Crippen molar-refractivity contribution < 1.29 is 30.3 Å². The lowest BCUT2D eigenvalue weighted by Gasteiger charge is -1.90. The van der Waals surface area contributed by atoms with Gasteiger partial charge in [0.1, 0.15) is 6.10 Å². The minimum atomic E-state index is -1.23. The van der Waals surface area contributed by atoms with Gasteiger partial charge in [-0.25, -0.2) is 4.79 Å². The Morgan fingerprint density at radius 1 is 1.07 bits per heavy atom. The standard InChI is InChI=1S/C3H6O3.C3H8O2.C3H8O/c1-2(4)3(5)6;1-3(5)2-4;1-3(2)4/h2,4H,1H3,(H,5,6);3-5H,2H2,1H3;3-4H,1-2H3. The molecule has 0 rings (SSSR count). The van der Waals surface area contributed by atoms with Gasteiger partial charge in [-0.15, -0.1) is 0 Å². The Kier molecular flexibility index (Phi) is 17.6. The number of carboxylic acid groups (broad SMARTS) is 1. The lowest BCUT2D eigenvalue weighted by molar-refractivity contribution is -0.145. The van der Waals surface area contributed by atoms with Crippen molar-refractivity contribution in [3.8, 4) is 0 Å². The first-order valence-electron chi connectivity index (χ1n) is 4.52. The van der Waals surface area contributed by atoms with Crippen LogP contribution in [0.5, 0.6) is 0 Å². The maximum Gasteiger partial charge on any atom is 0.332 e. The molecule has 15 heavy (non-hydrogen) atoms. The lowest BCUT2D eigenvalue weighted by atomic mass is 10.4. The van der Waals surface area contributed by atoms with Gasteiger partial charge in [0.2, 0.25) is 0 Å². The van der Waals surface area contributed by atoms with Crippen LogP contribution in [0, 0.1) is 0 Å². The van der Waals surface area contributed by atoms with Crippen LogP contribution in [-0.4, -0.2) is 56.4 Å². The average Bonchev–Trinajstić information content (AvgIpc) is 2.04. The molecule has 0 aliphatic carbocycles. The van der Waals surface area contributed by atoms with Gasteiger partial charge < -0.3 is 25.5 Å². The molecule has 0 aliphatic heterocycles. The molecule has 0 saturated heterocycles. The van der Waals surface area contributed by atoms with Gasteiger partial charge in [-0.05, 0) is 27.7 Å². The van der Waals surface area contributed by atoms with Crippen molar-refractivity contribution in [2.75, 3.05) is 6.61 Å².